The van der Waals surface area contributed by atoms with Crippen LogP contribution in [0.25, 0.3) is 0 Å². The molecule has 0 spiro atoms. The third-order valence-corrected chi connectivity index (χ3v) is 8.36. The van der Waals surface area contributed by atoms with Gasteiger partial charge in [0.2, 0.25) is 11.8 Å². The Morgan fingerprint density at radius 3 is 1.42 bits per heavy atom. The van der Waals surface area contributed by atoms with Crippen LogP contribution in [0.1, 0.15) is 135 Å². The van der Waals surface area contributed by atoms with Gasteiger partial charge in [-0.25, -0.2) is 17.6 Å². The Balaban J connectivity index is 0.000000148. The minimum absolute atomic E-state index is 0.0167. The molecule has 0 unspecified atom stereocenters. The minimum Gasteiger partial charge on any atom is -0.391 e. The van der Waals surface area contributed by atoms with Gasteiger partial charge in [-0.15, -0.1) is 11.6 Å². The number of alkyl halides is 5. The van der Waals surface area contributed by atoms with Crippen LogP contribution in [0.15, 0.2) is 9.05 Å². The Kier molecular flexibility index (Phi) is 7.42. The molecule has 2 aromatic heterocycles. The van der Waals surface area contributed by atoms with Gasteiger partial charge in [-0.2, -0.15) is 0 Å². The van der Waals surface area contributed by atoms with Crippen LogP contribution < -0.4 is 0 Å². The Morgan fingerprint density at radius 2 is 1.06 bits per heavy atom. The van der Waals surface area contributed by atoms with Crippen molar-refractivity contribution in [1.82, 2.24) is 10.3 Å². The van der Waals surface area contributed by atoms with Crippen molar-refractivity contribution in [2.24, 2.45) is 0 Å². The van der Waals surface area contributed by atoms with Crippen LogP contribution in [-0.2, 0) is 12.5 Å². The highest BCUT2D eigenvalue weighted by atomic mass is 35.5. The van der Waals surface area contributed by atoms with Gasteiger partial charge in [-0.1, -0.05) is 10.3 Å². The largest absolute Gasteiger partial charge is 0.391 e. The molecule has 0 bridgehead atoms. The summed E-state index contributed by atoms with van der Waals surface area (Å²) in [5.74, 6) is -2.01. The van der Waals surface area contributed by atoms with E-state index in [0.29, 0.717) is 43.4 Å². The van der Waals surface area contributed by atoms with Gasteiger partial charge in [0.05, 0.1) is 23.9 Å². The van der Waals surface area contributed by atoms with Crippen LogP contribution in [0.2, 0.25) is 0 Å². The second-order valence-corrected chi connectivity index (χ2v) is 11.2. The number of aliphatic hydroxyl groups excluding tert-OH is 1. The van der Waals surface area contributed by atoms with Crippen molar-refractivity contribution < 1.29 is 31.7 Å². The smallest absolute Gasteiger partial charge is 0.248 e. The van der Waals surface area contributed by atoms with Gasteiger partial charge >= 0.3 is 0 Å². The molecule has 4 saturated carbocycles. The Bertz CT molecular complexity index is 946. The summed E-state index contributed by atoms with van der Waals surface area (Å²) in [6, 6.07) is 0. The molecule has 36 heavy (non-hydrogen) atoms. The quantitative estimate of drug-likeness (QED) is 0.302. The first-order chi connectivity index (χ1) is 17.2. The summed E-state index contributed by atoms with van der Waals surface area (Å²) >= 11 is 5.98. The zero-order valence-corrected chi connectivity index (χ0v) is 21.0. The normalized spacial score (nSPS) is 24.4. The van der Waals surface area contributed by atoms with Gasteiger partial charge in [0.15, 0.2) is 0 Å². The Hall–Kier alpha value is -1.61. The van der Waals surface area contributed by atoms with Gasteiger partial charge in [0, 0.05) is 60.5 Å². The molecule has 0 aliphatic heterocycles. The number of hydrogen-bond donors (Lipinski definition) is 1. The van der Waals surface area contributed by atoms with E-state index in [1.165, 1.54) is 0 Å². The van der Waals surface area contributed by atoms with Gasteiger partial charge in [0.25, 0.3) is 0 Å². The summed E-state index contributed by atoms with van der Waals surface area (Å²) in [6.45, 7) is -0.0996. The minimum atomic E-state index is -2.53. The Labute approximate surface area is 212 Å². The van der Waals surface area contributed by atoms with Crippen molar-refractivity contribution in [2.75, 3.05) is 0 Å². The molecule has 0 radical (unpaired) electrons. The average Bonchev–Trinajstić information content (AvgIpc) is 3.79. The molecule has 4 aliphatic rings. The zero-order valence-electron chi connectivity index (χ0n) is 20.3. The van der Waals surface area contributed by atoms with E-state index in [9.17, 15) is 22.7 Å². The summed E-state index contributed by atoms with van der Waals surface area (Å²) in [5, 5.41) is 17.6. The summed E-state index contributed by atoms with van der Waals surface area (Å²) in [5.41, 5.74) is 3.28. The first-order valence-corrected chi connectivity index (χ1v) is 13.6. The van der Waals surface area contributed by atoms with Gasteiger partial charge in [-0.3, -0.25) is 0 Å². The number of halogens is 5. The monoisotopic (exact) mass is 532 g/mol. The van der Waals surface area contributed by atoms with Crippen molar-refractivity contribution in [3.8, 4) is 0 Å². The van der Waals surface area contributed by atoms with Crippen molar-refractivity contribution >= 4 is 11.6 Å². The average molecular weight is 533 g/mol. The number of hydrogen-bond acceptors (Lipinski definition) is 5. The lowest BCUT2D eigenvalue weighted by atomic mass is 9.83. The van der Waals surface area contributed by atoms with Crippen molar-refractivity contribution in [3.05, 3.63) is 34.0 Å². The van der Waals surface area contributed by atoms with Crippen LogP contribution in [0, 0.1) is 0 Å². The summed E-state index contributed by atoms with van der Waals surface area (Å²) in [6.07, 6.45) is 5.93. The fourth-order valence-corrected chi connectivity index (χ4v) is 5.83. The molecule has 4 aliphatic carbocycles. The maximum Gasteiger partial charge on any atom is 0.248 e. The highest BCUT2D eigenvalue weighted by Crippen LogP contribution is 2.48. The molecule has 4 fully saturated rings. The van der Waals surface area contributed by atoms with Crippen molar-refractivity contribution in [2.45, 2.75) is 125 Å². The standard InChI is InChI=1S/C13H16ClF2NO.C13H17F2NO2/c14-7-10-11(17-18-12(10)9-1-2-9)8-3-5-13(15,16)6-4-8;14-13(15)5-3-8(4-6-13)11-10(7-17)12(18-16-11)9-1-2-9/h8-9H,1-7H2;8-9,17H,1-7H2. The first-order valence-electron chi connectivity index (χ1n) is 13.1. The first kappa shape index (κ1) is 26.0. The fourth-order valence-electron chi connectivity index (χ4n) is 5.56. The molecular formula is C26H33ClF4N2O3. The predicted molar refractivity (Wildman–Crippen MR) is 125 cm³/mol. The van der Waals surface area contributed by atoms with Crippen LogP contribution in [0.4, 0.5) is 17.6 Å². The summed E-state index contributed by atoms with van der Waals surface area (Å²) in [4.78, 5) is 0. The highest BCUT2D eigenvalue weighted by molar-refractivity contribution is 6.17. The molecule has 0 atom stereocenters. The lowest BCUT2D eigenvalue weighted by Crippen LogP contribution is -2.24. The van der Waals surface area contributed by atoms with E-state index >= 15 is 0 Å². The molecule has 10 heteroatoms. The lowest BCUT2D eigenvalue weighted by molar-refractivity contribution is -0.0392. The molecule has 200 valence electrons. The third-order valence-electron chi connectivity index (χ3n) is 8.09. The van der Waals surface area contributed by atoms with E-state index in [-0.39, 0.29) is 44.1 Å². The third kappa shape index (κ3) is 5.77. The molecule has 0 saturated heterocycles. The van der Waals surface area contributed by atoms with E-state index < -0.39 is 11.8 Å². The van der Waals surface area contributed by atoms with Crippen molar-refractivity contribution in [3.63, 3.8) is 0 Å². The second-order valence-electron chi connectivity index (χ2n) is 10.9. The second kappa shape index (κ2) is 10.3. The van der Waals surface area contributed by atoms with Crippen LogP contribution >= 0.6 is 11.6 Å². The van der Waals surface area contributed by atoms with Crippen LogP contribution in [0.3, 0.4) is 0 Å². The molecule has 0 amide bonds. The SMILES string of the molecule is FC1(F)CCC(c2noc(C3CC3)c2CCl)CC1.OCc1c(C2CCC(F)(F)CC2)noc1C1CC1. The molecule has 2 heterocycles. The van der Waals surface area contributed by atoms with E-state index in [4.69, 9.17) is 20.6 Å². The van der Waals surface area contributed by atoms with Crippen LogP contribution in [0.5, 0.6) is 0 Å². The predicted octanol–water partition coefficient (Wildman–Crippen LogP) is 7.92. The zero-order chi connectivity index (χ0) is 25.5. The molecule has 5 nitrogen and oxygen atoms in total. The number of aromatic nitrogens is 2. The molecule has 0 aromatic carbocycles. The fraction of sp³-hybridized carbons (Fsp3) is 0.769. The maximum atomic E-state index is 13.1. The van der Waals surface area contributed by atoms with Gasteiger partial charge in [-0.05, 0) is 51.4 Å². The van der Waals surface area contributed by atoms with E-state index in [0.717, 1.165) is 59.7 Å². The summed E-state index contributed by atoms with van der Waals surface area (Å²) < 4.78 is 63.3. The topological polar surface area (TPSA) is 72.3 Å². The van der Waals surface area contributed by atoms with Crippen LogP contribution in [-0.4, -0.2) is 27.3 Å². The van der Waals surface area contributed by atoms with Gasteiger partial charge < -0.3 is 14.2 Å². The number of rotatable bonds is 6. The van der Waals surface area contributed by atoms with Gasteiger partial charge in [0.1, 0.15) is 11.5 Å². The van der Waals surface area contributed by atoms with E-state index in [1.807, 2.05) is 0 Å². The number of aliphatic hydroxyl groups is 1. The molecule has 6 rings (SSSR count). The summed E-state index contributed by atoms with van der Waals surface area (Å²) in [7, 11) is 0. The maximum absolute atomic E-state index is 13.1. The molecular weight excluding hydrogens is 500 g/mol. The molecule has 2 aromatic rings. The molecule has 1 N–H and O–H groups in total. The Morgan fingerprint density at radius 1 is 0.667 bits per heavy atom. The van der Waals surface area contributed by atoms with E-state index in [2.05, 4.69) is 10.3 Å². The highest BCUT2D eigenvalue weighted by Gasteiger charge is 2.40. The number of nitrogens with zero attached hydrogens (tertiary/aromatic N) is 2. The lowest BCUT2D eigenvalue weighted by Gasteiger charge is -2.27. The van der Waals surface area contributed by atoms with Crippen molar-refractivity contribution in [1.29, 1.82) is 0 Å². The van der Waals surface area contributed by atoms with E-state index in [1.54, 1.807) is 0 Å².